The topological polar surface area (TPSA) is 44.8 Å². The normalized spacial score (nSPS) is 12.8. The SMILES string of the molecule is COc1ccc(CCC(=O)c2ccc3c(c2)OCCO3)cc1. The van der Waals surface area contributed by atoms with Gasteiger partial charge in [-0.05, 0) is 42.3 Å². The molecular formula is C18H18O4. The van der Waals surface area contributed by atoms with Crippen molar-refractivity contribution in [1.82, 2.24) is 0 Å². The van der Waals surface area contributed by atoms with Gasteiger partial charge in [-0.2, -0.15) is 0 Å². The summed E-state index contributed by atoms with van der Waals surface area (Å²) in [6.45, 7) is 1.08. The van der Waals surface area contributed by atoms with Gasteiger partial charge in [0, 0.05) is 12.0 Å². The van der Waals surface area contributed by atoms with E-state index in [1.807, 2.05) is 24.3 Å². The maximum atomic E-state index is 12.3. The van der Waals surface area contributed by atoms with Crippen LogP contribution in [0, 0.1) is 0 Å². The van der Waals surface area contributed by atoms with Crippen LogP contribution < -0.4 is 14.2 Å². The number of carbonyl (C=O) groups excluding carboxylic acids is 1. The summed E-state index contributed by atoms with van der Waals surface area (Å²) in [5, 5.41) is 0. The van der Waals surface area contributed by atoms with Crippen LogP contribution in [0.4, 0.5) is 0 Å². The average Bonchev–Trinajstić information content (AvgIpc) is 2.59. The molecule has 4 nitrogen and oxygen atoms in total. The number of hydrogen-bond donors (Lipinski definition) is 0. The first kappa shape index (κ1) is 14.4. The van der Waals surface area contributed by atoms with E-state index in [-0.39, 0.29) is 5.78 Å². The maximum Gasteiger partial charge on any atom is 0.163 e. The van der Waals surface area contributed by atoms with Gasteiger partial charge in [0.25, 0.3) is 0 Å². The van der Waals surface area contributed by atoms with Gasteiger partial charge >= 0.3 is 0 Å². The summed E-state index contributed by atoms with van der Waals surface area (Å²) in [6.07, 6.45) is 1.17. The van der Waals surface area contributed by atoms with Gasteiger partial charge in [0.15, 0.2) is 17.3 Å². The Morgan fingerprint density at radius 3 is 2.50 bits per heavy atom. The second kappa shape index (κ2) is 6.52. The Morgan fingerprint density at radius 2 is 1.77 bits per heavy atom. The summed E-state index contributed by atoms with van der Waals surface area (Å²) in [6, 6.07) is 13.1. The van der Waals surface area contributed by atoms with Crippen molar-refractivity contribution >= 4 is 5.78 Å². The fourth-order valence-corrected chi connectivity index (χ4v) is 2.41. The molecule has 4 heteroatoms. The lowest BCUT2D eigenvalue weighted by molar-refractivity contribution is 0.0981. The molecule has 1 heterocycles. The second-order valence-electron chi connectivity index (χ2n) is 5.13. The molecule has 2 aromatic rings. The number of carbonyl (C=O) groups is 1. The maximum absolute atomic E-state index is 12.3. The summed E-state index contributed by atoms with van der Waals surface area (Å²) in [7, 11) is 1.64. The lowest BCUT2D eigenvalue weighted by Crippen LogP contribution is -2.15. The van der Waals surface area contributed by atoms with Gasteiger partial charge in [0.2, 0.25) is 0 Å². The molecule has 0 aliphatic carbocycles. The summed E-state index contributed by atoms with van der Waals surface area (Å²) in [4.78, 5) is 12.3. The Bertz CT molecular complexity index is 661. The van der Waals surface area contributed by atoms with E-state index < -0.39 is 0 Å². The molecular weight excluding hydrogens is 280 g/mol. The zero-order valence-corrected chi connectivity index (χ0v) is 12.5. The van der Waals surface area contributed by atoms with Crippen molar-refractivity contribution < 1.29 is 19.0 Å². The third-order valence-corrected chi connectivity index (χ3v) is 3.66. The van der Waals surface area contributed by atoms with Crippen LogP contribution in [0.1, 0.15) is 22.3 Å². The molecule has 0 amide bonds. The van der Waals surface area contributed by atoms with E-state index in [0.29, 0.717) is 43.1 Å². The molecule has 0 radical (unpaired) electrons. The lowest BCUT2D eigenvalue weighted by Gasteiger charge is -2.18. The van der Waals surface area contributed by atoms with Crippen LogP contribution in [0.3, 0.4) is 0 Å². The highest BCUT2D eigenvalue weighted by Gasteiger charge is 2.14. The summed E-state index contributed by atoms with van der Waals surface area (Å²) >= 11 is 0. The van der Waals surface area contributed by atoms with E-state index >= 15 is 0 Å². The van der Waals surface area contributed by atoms with Crippen LogP contribution in [-0.4, -0.2) is 26.1 Å². The number of Topliss-reactive ketones (excluding diaryl/α,β-unsaturated/α-hetero) is 1. The number of hydrogen-bond acceptors (Lipinski definition) is 4. The number of fused-ring (bicyclic) bond motifs is 1. The smallest absolute Gasteiger partial charge is 0.163 e. The van der Waals surface area contributed by atoms with E-state index in [9.17, 15) is 4.79 Å². The highest BCUT2D eigenvalue weighted by Crippen LogP contribution is 2.31. The Hall–Kier alpha value is -2.49. The molecule has 0 bridgehead atoms. The molecule has 0 aromatic heterocycles. The number of ketones is 1. The summed E-state index contributed by atoms with van der Waals surface area (Å²) < 4.78 is 16.1. The van der Waals surface area contributed by atoms with Crippen LogP contribution in [0.15, 0.2) is 42.5 Å². The van der Waals surface area contributed by atoms with E-state index in [1.165, 1.54) is 0 Å². The first-order valence-corrected chi connectivity index (χ1v) is 7.32. The van der Waals surface area contributed by atoms with Gasteiger partial charge in [-0.15, -0.1) is 0 Å². The zero-order valence-electron chi connectivity index (χ0n) is 12.5. The van der Waals surface area contributed by atoms with Crippen molar-refractivity contribution in [2.75, 3.05) is 20.3 Å². The highest BCUT2D eigenvalue weighted by atomic mass is 16.6. The fraction of sp³-hybridized carbons (Fsp3) is 0.278. The van der Waals surface area contributed by atoms with Crippen LogP contribution in [-0.2, 0) is 6.42 Å². The van der Waals surface area contributed by atoms with Crippen molar-refractivity contribution in [2.45, 2.75) is 12.8 Å². The van der Waals surface area contributed by atoms with Gasteiger partial charge in [0.05, 0.1) is 7.11 Å². The molecule has 0 saturated heterocycles. The second-order valence-corrected chi connectivity index (χ2v) is 5.13. The van der Waals surface area contributed by atoms with Gasteiger partial charge in [-0.1, -0.05) is 12.1 Å². The Balaban J connectivity index is 1.64. The first-order valence-electron chi connectivity index (χ1n) is 7.32. The Labute approximate surface area is 129 Å². The molecule has 3 rings (SSSR count). The lowest BCUT2D eigenvalue weighted by atomic mass is 10.0. The molecule has 114 valence electrons. The molecule has 0 N–H and O–H groups in total. The van der Waals surface area contributed by atoms with Crippen LogP contribution in [0.2, 0.25) is 0 Å². The molecule has 0 fully saturated rings. The molecule has 1 aliphatic rings. The summed E-state index contributed by atoms with van der Waals surface area (Å²) in [5.74, 6) is 2.29. The minimum absolute atomic E-state index is 0.104. The van der Waals surface area contributed by atoms with Crippen molar-refractivity contribution in [1.29, 1.82) is 0 Å². The van der Waals surface area contributed by atoms with Crippen molar-refractivity contribution in [2.24, 2.45) is 0 Å². The van der Waals surface area contributed by atoms with E-state index in [2.05, 4.69) is 0 Å². The number of rotatable bonds is 5. The van der Waals surface area contributed by atoms with Crippen LogP contribution in [0.5, 0.6) is 17.2 Å². The number of aryl methyl sites for hydroxylation is 1. The number of benzene rings is 2. The van der Waals surface area contributed by atoms with E-state index in [4.69, 9.17) is 14.2 Å². The molecule has 1 aliphatic heterocycles. The standard InChI is InChI=1S/C18H18O4/c1-20-15-6-2-13(3-7-15)4-8-16(19)14-5-9-17-18(12-14)22-11-10-21-17/h2-3,5-7,9,12H,4,8,10-11H2,1H3. The van der Waals surface area contributed by atoms with Gasteiger partial charge in [-0.25, -0.2) is 0 Å². The van der Waals surface area contributed by atoms with Gasteiger partial charge < -0.3 is 14.2 Å². The monoisotopic (exact) mass is 298 g/mol. The highest BCUT2D eigenvalue weighted by molar-refractivity contribution is 5.96. The third kappa shape index (κ3) is 3.22. The Morgan fingerprint density at radius 1 is 1.05 bits per heavy atom. The predicted octanol–water partition coefficient (Wildman–Crippen LogP) is 3.28. The summed E-state index contributed by atoms with van der Waals surface area (Å²) in [5.41, 5.74) is 1.78. The molecule has 0 unspecified atom stereocenters. The van der Waals surface area contributed by atoms with Gasteiger partial charge in [0.1, 0.15) is 19.0 Å². The minimum atomic E-state index is 0.104. The largest absolute Gasteiger partial charge is 0.497 e. The van der Waals surface area contributed by atoms with E-state index in [0.717, 1.165) is 11.3 Å². The zero-order chi connectivity index (χ0) is 15.4. The fourth-order valence-electron chi connectivity index (χ4n) is 2.41. The Kier molecular flexibility index (Phi) is 4.28. The van der Waals surface area contributed by atoms with Crippen LogP contribution in [0.25, 0.3) is 0 Å². The minimum Gasteiger partial charge on any atom is -0.497 e. The molecule has 22 heavy (non-hydrogen) atoms. The van der Waals surface area contributed by atoms with Gasteiger partial charge in [-0.3, -0.25) is 4.79 Å². The van der Waals surface area contributed by atoms with Crippen molar-refractivity contribution in [3.63, 3.8) is 0 Å². The van der Waals surface area contributed by atoms with E-state index in [1.54, 1.807) is 25.3 Å². The molecule has 0 spiro atoms. The first-order chi connectivity index (χ1) is 10.8. The molecule has 0 atom stereocenters. The average molecular weight is 298 g/mol. The van der Waals surface area contributed by atoms with Crippen molar-refractivity contribution in [3.8, 4) is 17.2 Å². The number of ether oxygens (including phenoxy) is 3. The molecule has 2 aromatic carbocycles. The predicted molar refractivity (Wildman–Crippen MR) is 83.1 cm³/mol. The molecule has 0 saturated carbocycles. The quantitative estimate of drug-likeness (QED) is 0.795. The van der Waals surface area contributed by atoms with Crippen LogP contribution >= 0.6 is 0 Å². The van der Waals surface area contributed by atoms with Crippen molar-refractivity contribution in [3.05, 3.63) is 53.6 Å². The third-order valence-electron chi connectivity index (χ3n) is 3.66. The number of methoxy groups -OCH3 is 1.